The van der Waals surface area contributed by atoms with Gasteiger partial charge in [0.1, 0.15) is 23.7 Å². The maximum Gasteiger partial charge on any atom is 0.223 e. The molecule has 0 spiro atoms. The van der Waals surface area contributed by atoms with E-state index in [0.717, 1.165) is 11.4 Å². The number of hydrogen-bond acceptors (Lipinski definition) is 8. The number of fused-ring (bicyclic) bond motifs is 1. The summed E-state index contributed by atoms with van der Waals surface area (Å²) in [4.78, 5) is 9.04. The molecule has 3 N–H and O–H groups in total. The average molecular weight is 474 g/mol. The molecule has 0 amide bonds. The Kier molecular flexibility index (Phi) is 6.87. The van der Waals surface area contributed by atoms with Crippen molar-refractivity contribution < 1.29 is 18.9 Å². The molecule has 4 rings (SSSR count). The van der Waals surface area contributed by atoms with E-state index in [1.807, 2.05) is 18.2 Å². The fraction of sp³-hybridized carbons (Fsp3) is 0.522. The number of anilines is 2. The quantitative estimate of drug-likeness (QED) is 0.543. The van der Waals surface area contributed by atoms with E-state index < -0.39 is 0 Å². The van der Waals surface area contributed by atoms with Crippen LogP contribution >= 0.6 is 12.2 Å². The zero-order valence-corrected chi connectivity index (χ0v) is 20.4. The Balaban J connectivity index is 1.35. The van der Waals surface area contributed by atoms with Crippen molar-refractivity contribution in [1.82, 2.24) is 15.3 Å². The van der Waals surface area contributed by atoms with Gasteiger partial charge in [0.15, 0.2) is 5.11 Å². The number of nitrogens with zero attached hydrogens (tertiary/aromatic N) is 2. The Morgan fingerprint density at radius 2 is 1.67 bits per heavy atom. The third-order valence-corrected chi connectivity index (χ3v) is 5.94. The second-order valence-corrected chi connectivity index (χ2v) is 9.58. The lowest BCUT2D eigenvalue weighted by atomic mass is 9.92. The Labute approximate surface area is 199 Å². The van der Waals surface area contributed by atoms with E-state index in [1.54, 1.807) is 26.5 Å². The lowest BCUT2D eigenvalue weighted by Crippen LogP contribution is -2.46. The molecule has 10 heteroatoms. The van der Waals surface area contributed by atoms with Crippen molar-refractivity contribution in [2.24, 2.45) is 0 Å². The van der Waals surface area contributed by atoms with E-state index in [0.29, 0.717) is 35.8 Å². The van der Waals surface area contributed by atoms with Gasteiger partial charge < -0.3 is 34.9 Å². The lowest BCUT2D eigenvalue weighted by Gasteiger charge is -2.21. The highest BCUT2D eigenvalue weighted by Crippen LogP contribution is 2.30. The zero-order valence-electron chi connectivity index (χ0n) is 19.5. The molecule has 1 aromatic carbocycles. The summed E-state index contributed by atoms with van der Waals surface area (Å²) in [7, 11) is 3.22. The van der Waals surface area contributed by atoms with Crippen molar-refractivity contribution in [2.45, 2.75) is 50.5 Å². The maximum absolute atomic E-state index is 6.06. The molecule has 9 nitrogen and oxygen atoms in total. The van der Waals surface area contributed by atoms with Crippen molar-refractivity contribution in [3.8, 4) is 11.5 Å². The smallest absolute Gasteiger partial charge is 0.223 e. The SMILES string of the molecule is COc1cc(NC(=S)NC2COC3C(Nc4nccc(C(C)(C)C)n4)COC23)cc(OC)c1. The molecular formula is C23H31N5O4S. The average Bonchev–Trinajstić information content (AvgIpc) is 3.36. The minimum absolute atomic E-state index is 0.0406. The summed E-state index contributed by atoms with van der Waals surface area (Å²) in [5.74, 6) is 1.94. The summed E-state index contributed by atoms with van der Waals surface area (Å²) in [5, 5.41) is 10.4. The number of ether oxygens (including phenoxy) is 4. The molecule has 0 radical (unpaired) electrons. The van der Waals surface area contributed by atoms with E-state index in [1.165, 1.54) is 0 Å². The van der Waals surface area contributed by atoms with Crippen LogP contribution in [0.5, 0.6) is 11.5 Å². The fourth-order valence-corrected chi connectivity index (χ4v) is 4.24. The minimum Gasteiger partial charge on any atom is -0.497 e. The van der Waals surface area contributed by atoms with Crippen LogP contribution < -0.4 is 25.4 Å². The summed E-state index contributed by atoms with van der Waals surface area (Å²) in [6.07, 6.45) is 1.53. The third-order valence-electron chi connectivity index (χ3n) is 5.72. The van der Waals surface area contributed by atoms with Gasteiger partial charge in [0, 0.05) is 35.5 Å². The lowest BCUT2D eigenvalue weighted by molar-refractivity contribution is 0.0689. The molecule has 33 heavy (non-hydrogen) atoms. The Morgan fingerprint density at radius 1 is 1.03 bits per heavy atom. The number of methoxy groups -OCH3 is 2. The third kappa shape index (κ3) is 5.45. The summed E-state index contributed by atoms with van der Waals surface area (Å²) in [6, 6.07) is 7.33. The molecule has 178 valence electrons. The van der Waals surface area contributed by atoms with Gasteiger partial charge in [0.25, 0.3) is 0 Å². The summed E-state index contributed by atoms with van der Waals surface area (Å²) < 4.78 is 22.8. The molecule has 2 aliphatic rings. The Morgan fingerprint density at radius 3 is 2.30 bits per heavy atom. The van der Waals surface area contributed by atoms with Crippen LogP contribution in [0.25, 0.3) is 0 Å². The summed E-state index contributed by atoms with van der Waals surface area (Å²) in [5.41, 5.74) is 1.69. The predicted molar refractivity (Wildman–Crippen MR) is 130 cm³/mol. The van der Waals surface area contributed by atoms with Gasteiger partial charge in [-0.1, -0.05) is 20.8 Å². The van der Waals surface area contributed by atoms with Gasteiger partial charge in [-0.2, -0.15) is 0 Å². The maximum atomic E-state index is 6.06. The van der Waals surface area contributed by atoms with Crippen LogP contribution in [0.1, 0.15) is 26.5 Å². The first-order chi connectivity index (χ1) is 15.8. The van der Waals surface area contributed by atoms with Crippen LogP contribution in [0.2, 0.25) is 0 Å². The summed E-state index contributed by atoms with van der Waals surface area (Å²) >= 11 is 5.52. The molecule has 0 aliphatic carbocycles. The number of benzene rings is 1. The van der Waals surface area contributed by atoms with Gasteiger partial charge in [-0.15, -0.1) is 0 Å². The zero-order chi connectivity index (χ0) is 23.6. The normalized spacial score (nSPS) is 24.2. The summed E-state index contributed by atoms with van der Waals surface area (Å²) in [6.45, 7) is 7.37. The van der Waals surface area contributed by atoms with E-state index in [9.17, 15) is 0 Å². The van der Waals surface area contributed by atoms with Gasteiger partial charge in [0.05, 0.1) is 45.2 Å². The molecule has 1 aromatic heterocycles. The molecule has 2 saturated heterocycles. The van der Waals surface area contributed by atoms with Crippen molar-refractivity contribution in [1.29, 1.82) is 0 Å². The molecule has 2 aliphatic heterocycles. The largest absolute Gasteiger partial charge is 0.497 e. The van der Waals surface area contributed by atoms with E-state index in [-0.39, 0.29) is 29.7 Å². The van der Waals surface area contributed by atoms with Gasteiger partial charge in [-0.3, -0.25) is 0 Å². The highest BCUT2D eigenvalue weighted by Gasteiger charge is 2.48. The van der Waals surface area contributed by atoms with E-state index >= 15 is 0 Å². The van der Waals surface area contributed by atoms with Gasteiger partial charge >= 0.3 is 0 Å². The second-order valence-electron chi connectivity index (χ2n) is 9.17. The number of nitrogens with one attached hydrogen (secondary N) is 3. The number of hydrogen-bond donors (Lipinski definition) is 3. The van der Waals surface area contributed by atoms with Crippen LogP contribution in [-0.4, -0.2) is 66.8 Å². The molecular weight excluding hydrogens is 442 g/mol. The van der Waals surface area contributed by atoms with Crippen LogP contribution in [0.15, 0.2) is 30.5 Å². The van der Waals surface area contributed by atoms with Crippen molar-refractivity contribution >= 4 is 29.0 Å². The van der Waals surface area contributed by atoms with Crippen molar-refractivity contribution in [3.63, 3.8) is 0 Å². The van der Waals surface area contributed by atoms with Crippen LogP contribution in [-0.2, 0) is 14.9 Å². The number of rotatable bonds is 6. The molecule has 3 heterocycles. The highest BCUT2D eigenvalue weighted by molar-refractivity contribution is 7.80. The number of aromatic nitrogens is 2. The Hall–Kier alpha value is -2.69. The van der Waals surface area contributed by atoms with Gasteiger partial charge in [-0.25, -0.2) is 9.97 Å². The monoisotopic (exact) mass is 473 g/mol. The molecule has 4 unspecified atom stereocenters. The van der Waals surface area contributed by atoms with Crippen molar-refractivity contribution in [3.05, 3.63) is 36.2 Å². The molecule has 0 saturated carbocycles. The predicted octanol–water partition coefficient (Wildman–Crippen LogP) is 2.72. The van der Waals surface area contributed by atoms with Crippen LogP contribution in [0.4, 0.5) is 11.6 Å². The first kappa shape index (κ1) is 23.5. The number of thiocarbonyl (C=S) groups is 1. The van der Waals surface area contributed by atoms with Crippen molar-refractivity contribution in [2.75, 3.05) is 38.1 Å². The first-order valence-electron chi connectivity index (χ1n) is 10.9. The minimum atomic E-state index is -0.132. The van der Waals surface area contributed by atoms with E-state index in [4.69, 9.17) is 31.2 Å². The van der Waals surface area contributed by atoms with Crippen LogP contribution in [0.3, 0.4) is 0 Å². The molecule has 0 bridgehead atoms. The second kappa shape index (κ2) is 9.66. The highest BCUT2D eigenvalue weighted by atomic mass is 32.1. The van der Waals surface area contributed by atoms with Crippen LogP contribution in [0, 0.1) is 0 Å². The topological polar surface area (TPSA) is 98.8 Å². The van der Waals surface area contributed by atoms with E-state index in [2.05, 4.69) is 46.7 Å². The fourth-order valence-electron chi connectivity index (χ4n) is 3.97. The molecule has 4 atom stereocenters. The van der Waals surface area contributed by atoms with Gasteiger partial charge in [0.2, 0.25) is 5.95 Å². The van der Waals surface area contributed by atoms with Gasteiger partial charge in [-0.05, 0) is 18.3 Å². The Bertz CT molecular complexity index is 977. The molecule has 2 aromatic rings. The first-order valence-corrected chi connectivity index (χ1v) is 11.3. The molecule has 2 fully saturated rings. The standard InChI is InChI=1S/C23H31N5O4S/c1-23(2,3)18-6-7-24-21(28-18)26-16-11-31-20-17(12-32-19(16)20)27-22(33)25-13-8-14(29-4)10-15(9-13)30-5/h6-10,16-17,19-20H,11-12H2,1-5H3,(H,24,26,28)(H2,25,27,33).